The van der Waals surface area contributed by atoms with Crippen molar-refractivity contribution in [2.45, 2.75) is 75.6 Å². The third-order valence-electron chi connectivity index (χ3n) is 5.69. The number of nitrogens with one attached hydrogen (secondary N) is 1. The Morgan fingerprint density at radius 3 is 2.42 bits per heavy atom. The summed E-state index contributed by atoms with van der Waals surface area (Å²) in [5.74, 6) is 0.547. The molecule has 1 heterocycles. The zero-order chi connectivity index (χ0) is 18.1. The van der Waals surface area contributed by atoms with Crippen LogP contribution in [-0.2, 0) is 22.9 Å². The van der Waals surface area contributed by atoms with E-state index < -0.39 is 10.0 Å². The number of nitrogens with zero attached hydrogens (tertiary/aromatic N) is 2. The number of benzene rings is 1. The van der Waals surface area contributed by atoms with E-state index in [-0.39, 0.29) is 0 Å². The Morgan fingerprint density at radius 2 is 1.69 bits per heavy atom. The molecule has 6 heteroatoms. The standard InChI is InChI=1S/C20H27N3O2S/c1-15-11-13-17(14-12-15)26(24,25)22-20-18-9-5-6-10-19(18)23(21-20)16-7-3-2-4-8-16/h11-14,16H,2-10H2,1H3,(H,21,22). The number of aromatic nitrogens is 2. The lowest BCUT2D eigenvalue weighted by Gasteiger charge is -2.25. The maximum Gasteiger partial charge on any atom is 0.263 e. The molecule has 1 aromatic carbocycles. The fourth-order valence-corrected chi connectivity index (χ4v) is 5.27. The van der Waals surface area contributed by atoms with E-state index in [1.165, 1.54) is 25.0 Å². The average Bonchev–Trinajstić information content (AvgIpc) is 3.01. The summed E-state index contributed by atoms with van der Waals surface area (Å²) in [4.78, 5) is 0.292. The molecule has 0 unspecified atom stereocenters. The van der Waals surface area contributed by atoms with E-state index in [2.05, 4.69) is 9.40 Å². The highest BCUT2D eigenvalue weighted by Gasteiger charge is 2.28. The molecule has 5 nitrogen and oxygen atoms in total. The minimum absolute atomic E-state index is 0.292. The number of hydrogen-bond donors (Lipinski definition) is 1. The van der Waals surface area contributed by atoms with Crippen LogP contribution in [0.15, 0.2) is 29.2 Å². The van der Waals surface area contributed by atoms with E-state index in [9.17, 15) is 8.42 Å². The van der Waals surface area contributed by atoms with E-state index in [4.69, 9.17) is 5.10 Å². The lowest BCUT2D eigenvalue weighted by Crippen LogP contribution is -2.18. The van der Waals surface area contributed by atoms with Gasteiger partial charge >= 0.3 is 0 Å². The van der Waals surface area contributed by atoms with Gasteiger partial charge in [-0.25, -0.2) is 8.42 Å². The van der Waals surface area contributed by atoms with Crippen LogP contribution in [0.25, 0.3) is 0 Å². The number of rotatable bonds is 4. The minimum atomic E-state index is -3.61. The predicted molar refractivity (Wildman–Crippen MR) is 103 cm³/mol. The van der Waals surface area contributed by atoms with Crippen LogP contribution in [0.4, 0.5) is 5.82 Å². The molecule has 0 spiro atoms. The molecule has 1 saturated carbocycles. The first-order valence-corrected chi connectivity index (χ1v) is 11.2. The summed E-state index contributed by atoms with van der Waals surface area (Å²) >= 11 is 0. The predicted octanol–water partition coefficient (Wildman–Crippen LogP) is 4.38. The number of aryl methyl sites for hydroxylation is 1. The first kappa shape index (κ1) is 17.6. The number of fused-ring (bicyclic) bond motifs is 1. The summed E-state index contributed by atoms with van der Waals surface area (Å²) in [6, 6.07) is 7.38. The van der Waals surface area contributed by atoms with Crippen LogP contribution >= 0.6 is 0 Å². The summed E-state index contributed by atoms with van der Waals surface area (Å²) in [5, 5.41) is 4.77. The first-order chi connectivity index (χ1) is 12.5. The molecule has 0 saturated heterocycles. The van der Waals surface area contributed by atoms with Crippen LogP contribution in [-0.4, -0.2) is 18.2 Å². The molecule has 2 aromatic rings. The summed E-state index contributed by atoms with van der Waals surface area (Å²) in [5.41, 5.74) is 3.41. The monoisotopic (exact) mass is 373 g/mol. The van der Waals surface area contributed by atoms with Crippen LogP contribution in [0.2, 0.25) is 0 Å². The SMILES string of the molecule is Cc1ccc(S(=O)(=O)Nc2nn(C3CCCCC3)c3c2CCCC3)cc1. The van der Waals surface area contributed by atoms with Crippen molar-refractivity contribution in [1.29, 1.82) is 0 Å². The van der Waals surface area contributed by atoms with E-state index >= 15 is 0 Å². The summed E-state index contributed by atoms with van der Waals surface area (Å²) in [6.07, 6.45) is 10.3. The van der Waals surface area contributed by atoms with Gasteiger partial charge in [0.05, 0.1) is 10.9 Å². The second-order valence-electron chi connectivity index (χ2n) is 7.64. The Morgan fingerprint density at radius 1 is 1.00 bits per heavy atom. The van der Waals surface area contributed by atoms with Gasteiger partial charge in [-0.2, -0.15) is 5.10 Å². The van der Waals surface area contributed by atoms with Crippen LogP contribution in [0.1, 0.15) is 67.8 Å². The highest BCUT2D eigenvalue weighted by Crippen LogP contribution is 2.35. The fraction of sp³-hybridized carbons (Fsp3) is 0.550. The molecule has 2 aliphatic carbocycles. The van der Waals surface area contributed by atoms with Crippen LogP contribution in [0.5, 0.6) is 0 Å². The maximum atomic E-state index is 12.8. The molecule has 0 radical (unpaired) electrons. The Balaban J connectivity index is 1.67. The second kappa shape index (κ2) is 7.06. The van der Waals surface area contributed by atoms with Gasteiger partial charge in [0.15, 0.2) is 5.82 Å². The van der Waals surface area contributed by atoms with Gasteiger partial charge < -0.3 is 0 Å². The highest BCUT2D eigenvalue weighted by molar-refractivity contribution is 7.92. The number of anilines is 1. The third kappa shape index (κ3) is 3.39. The zero-order valence-electron chi connectivity index (χ0n) is 15.4. The minimum Gasteiger partial charge on any atom is -0.264 e. The van der Waals surface area contributed by atoms with Gasteiger partial charge in [-0.1, -0.05) is 37.0 Å². The first-order valence-electron chi connectivity index (χ1n) is 9.74. The number of hydrogen-bond acceptors (Lipinski definition) is 3. The largest absolute Gasteiger partial charge is 0.264 e. The highest BCUT2D eigenvalue weighted by atomic mass is 32.2. The Hall–Kier alpha value is -1.82. The molecule has 2 aliphatic rings. The molecule has 140 valence electrons. The Bertz CT molecular complexity index is 879. The smallest absolute Gasteiger partial charge is 0.263 e. The summed E-state index contributed by atoms with van der Waals surface area (Å²) < 4.78 is 30.6. The van der Waals surface area contributed by atoms with E-state index in [1.807, 2.05) is 19.1 Å². The van der Waals surface area contributed by atoms with Crippen molar-refractivity contribution in [2.75, 3.05) is 4.72 Å². The van der Waals surface area contributed by atoms with Crippen molar-refractivity contribution in [1.82, 2.24) is 9.78 Å². The van der Waals surface area contributed by atoms with Crippen LogP contribution in [0, 0.1) is 6.92 Å². The van der Waals surface area contributed by atoms with Gasteiger partial charge in [0.25, 0.3) is 10.0 Å². The molecule has 1 fully saturated rings. The Labute approximate surface area is 155 Å². The van der Waals surface area contributed by atoms with Crippen molar-refractivity contribution in [2.24, 2.45) is 0 Å². The van der Waals surface area contributed by atoms with Gasteiger partial charge in [-0.15, -0.1) is 0 Å². The average molecular weight is 374 g/mol. The quantitative estimate of drug-likeness (QED) is 0.865. The molecule has 4 rings (SSSR count). The molecular formula is C20H27N3O2S. The van der Waals surface area contributed by atoms with Crippen LogP contribution < -0.4 is 4.72 Å². The normalized spacial score (nSPS) is 18.5. The molecule has 1 N–H and O–H groups in total. The molecule has 26 heavy (non-hydrogen) atoms. The molecular weight excluding hydrogens is 346 g/mol. The Kier molecular flexibility index (Phi) is 4.78. The van der Waals surface area contributed by atoms with E-state index in [1.54, 1.807) is 12.1 Å². The van der Waals surface area contributed by atoms with Gasteiger partial charge in [-0.05, 0) is 57.6 Å². The van der Waals surface area contributed by atoms with Crippen molar-refractivity contribution in [3.63, 3.8) is 0 Å². The van der Waals surface area contributed by atoms with Crippen molar-refractivity contribution < 1.29 is 8.42 Å². The fourth-order valence-electron chi connectivity index (χ4n) is 4.24. The van der Waals surface area contributed by atoms with Crippen molar-refractivity contribution >= 4 is 15.8 Å². The molecule has 0 atom stereocenters. The zero-order valence-corrected chi connectivity index (χ0v) is 16.2. The summed E-state index contributed by atoms with van der Waals surface area (Å²) in [7, 11) is -3.61. The molecule has 0 aliphatic heterocycles. The summed E-state index contributed by atoms with van der Waals surface area (Å²) in [6.45, 7) is 1.95. The van der Waals surface area contributed by atoms with E-state index in [0.29, 0.717) is 16.8 Å². The van der Waals surface area contributed by atoms with Gasteiger partial charge in [-0.3, -0.25) is 9.40 Å². The topological polar surface area (TPSA) is 64.0 Å². The molecule has 0 bridgehead atoms. The van der Waals surface area contributed by atoms with Crippen LogP contribution in [0.3, 0.4) is 0 Å². The number of sulfonamides is 1. The van der Waals surface area contributed by atoms with Crippen molar-refractivity contribution in [3.8, 4) is 0 Å². The van der Waals surface area contributed by atoms with Crippen molar-refractivity contribution in [3.05, 3.63) is 41.1 Å². The maximum absolute atomic E-state index is 12.8. The second-order valence-corrected chi connectivity index (χ2v) is 9.32. The lowest BCUT2D eigenvalue weighted by molar-refractivity contribution is 0.320. The lowest BCUT2D eigenvalue weighted by atomic mass is 9.93. The van der Waals surface area contributed by atoms with Gasteiger partial charge in [0.2, 0.25) is 0 Å². The van der Waals surface area contributed by atoms with Gasteiger partial charge in [0.1, 0.15) is 0 Å². The third-order valence-corrected chi connectivity index (χ3v) is 7.05. The van der Waals surface area contributed by atoms with Gasteiger partial charge in [0, 0.05) is 11.3 Å². The van der Waals surface area contributed by atoms with E-state index in [0.717, 1.165) is 49.7 Å². The molecule has 0 amide bonds. The molecule has 1 aromatic heterocycles.